The van der Waals surface area contributed by atoms with Crippen LogP contribution in [0.25, 0.3) is 0 Å². The number of furan rings is 1. The van der Waals surface area contributed by atoms with E-state index in [0.717, 1.165) is 32.4 Å². The highest BCUT2D eigenvalue weighted by Gasteiger charge is 2.23. The van der Waals surface area contributed by atoms with E-state index >= 15 is 0 Å². The van der Waals surface area contributed by atoms with Crippen molar-refractivity contribution in [1.29, 1.82) is 0 Å². The van der Waals surface area contributed by atoms with Crippen LogP contribution in [-0.2, 0) is 15.6 Å². The molecule has 0 aliphatic carbocycles. The normalized spacial score (nSPS) is 15.5. The molecule has 0 spiro atoms. The van der Waals surface area contributed by atoms with Crippen LogP contribution in [0, 0.1) is 6.92 Å². The second-order valence-electron chi connectivity index (χ2n) is 6.14. The summed E-state index contributed by atoms with van der Waals surface area (Å²) in [5.41, 5.74) is 0.702. The number of carbonyl (C=O) groups is 1. The quantitative estimate of drug-likeness (QED) is 0.852. The summed E-state index contributed by atoms with van der Waals surface area (Å²) in [7, 11) is -3.50. The zero-order chi connectivity index (χ0) is 17.2. The number of rotatable bonds is 4. The predicted octanol–water partition coefficient (Wildman–Crippen LogP) is 3.19. The van der Waals surface area contributed by atoms with Gasteiger partial charge in [-0.05, 0) is 49.9 Å². The third-order valence-electron chi connectivity index (χ3n) is 4.28. The Bertz CT molecular complexity index is 832. The maximum Gasteiger partial charge on any atom is 0.289 e. The standard InChI is InChI=1S/C18H21NO4S/c1-14-7-3-4-8-17(14)24(21,22)13-15-9-10-16(23-15)18(20)19-11-5-2-6-12-19/h3-4,7-10H,2,5-6,11-13H2,1H3. The van der Waals surface area contributed by atoms with Crippen LogP contribution in [-0.4, -0.2) is 32.3 Å². The van der Waals surface area contributed by atoms with Gasteiger partial charge in [0.15, 0.2) is 15.6 Å². The molecule has 1 fully saturated rings. The molecule has 1 aliphatic heterocycles. The van der Waals surface area contributed by atoms with E-state index in [1.165, 1.54) is 0 Å². The molecule has 128 valence electrons. The van der Waals surface area contributed by atoms with Gasteiger partial charge in [-0.1, -0.05) is 18.2 Å². The fourth-order valence-corrected chi connectivity index (χ4v) is 4.52. The first-order valence-corrected chi connectivity index (χ1v) is 9.79. The minimum atomic E-state index is -3.50. The van der Waals surface area contributed by atoms with E-state index in [9.17, 15) is 13.2 Å². The van der Waals surface area contributed by atoms with Gasteiger partial charge in [0.05, 0.1) is 4.90 Å². The van der Waals surface area contributed by atoms with Crippen LogP contribution in [0.5, 0.6) is 0 Å². The van der Waals surface area contributed by atoms with Gasteiger partial charge in [-0.25, -0.2) is 8.42 Å². The van der Waals surface area contributed by atoms with Gasteiger partial charge >= 0.3 is 0 Å². The topological polar surface area (TPSA) is 67.6 Å². The number of carbonyl (C=O) groups excluding carboxylic acids is 1. The molecular formula is C18H21NO4S. The zero-order valence-electron chi connectivity index (χ0n) is 13.7. The minimum Gasteiger partial charge on any atom is -0.455 e. The first-order valence-electron chi connectivity index (χ1n) is 8.14. The van der Waals surface area contributed by atoms with E-state index in [-0.39, 0.29) is 17.4 Å². The number of benzene rings is 1. The van der Waals surface area contributed by atoms with Gasteiger partial charge in [-0.3, -0.25) is 4.79 Å². The molecule has 6 heteroatoms. The van der Waals surface area contributed by atoms with E-state index in [1.54, 1.807) is 48.2 Å². The van der Waals surface area contributed by atoms with Crippen molar-refractivity contribution < 1.29 is 17.6 Å². The lowest BCUT2D eigenvalue weighted by atomic mass is 10.1. The maximum absolute atomic E-state index is 12.5. The number of hydrogen-bond acceptors (Lipinski definition) is 4. The van der Waals surface area contributed by atoms with Crippen molar-refractivity contribution in [1.82, 2.24) is 4.90 Å². The summed E-state index contributed by atoms with van der Waals surface area (Å²) in [4.78, 5) is 14.4. The van der Waals surface area contributed by atoms with Crippen molar-refractivity contribution in [3.8, 4) is 0 Å². The number of piperidine rings is 1. The van der Waals surface area contributed by atoms with Gasteiger partial charge in [0.25, 0.3) is 5.91 Å². The number of amides is 1. The first kappa shape index (κ1) is 16.8. The van der Waals surface area contributed by atoms with E-state index in [1.807, 2.05) is 0 Å². The average Bonchev–Trinajstić information content (AvgIpc) is 3.03. The molecule has 3 rings (SSSR count). The van der Waals surface area contributed by atoms with Crippen molar-refractivity contribution in [2.24, 2.45) is 0 Å². The number of hydrogen-bond donors (Lipinski definition) is 0. The summed E-state index contributed by atoms with van der Waals surface area (Å²) >= 11 is 0. The first-order chi connectivity index (χ1) is 11.5. The summed E-state index contributed by atoms with van der Waals surface area (Å²) in [5.74, 6) is 0.102. The predicted molar refractivity (Wildman–Crippen MR) is 90.5 cm³/mol. The van der Waals surface area contributed by atoms with E-state index in [0.29, 0.717) is 16.2 Å². The van der Waals surface area contributed by atoms with Crippen LogP contribution in [0.1, 0.15) is 41.1 Å². The monoisotopic (exact) mass is 347 g/mol. The molecule has 0 bridgehead atoms. The zero-order valence-corrected chi connectivity index (χ0v) is 14.5. The largest absolute Gasteiger partial charge is 0.455 e. The van der Waals surface area contributed by atoms with Crippen LogP contribution >= 0.6 is 0 Å². The molecule has 0 unspecified atom stereocenters. The molecule has 2 aromatic rings. The lowest BCUT2D eigenvalue weighted by molar-refractivity contribution is 0.0690. The Hall–Kier alpha value is -2.08. The summed E-state index contributed by atoms with van der Waals surface area (Å²) in [6.07, 6.45) is 3.14. The maximum atomic E-state index is 12.5. The lowest BCUT2D eigenvalue weighted by Crippen LogP contribution is -2.35. The van der Waals surface area contributed by atoms with Crippen molar-refractivity contribution in [3.05, 3.63) is 53.5 Å². The second kappa shape index (κ2) is 6.81. The highest BCUT2D eigenvalue weighted by Crippen LogP contribution is 2.22. The van der Waals surface area contributed by atoms with E-state index in [4.69, 9.17) is 4.42 Å². The minimum absolute atomic E-state index is 0.158. The molecule has 5 nitrogen and oxygen atoms in total. The second-order valence-corrected chi connectivity index (χ2v) is 8.10. The SMILES string of the molecule is Cc1ccccc1S(=O)(=O)Cc1ccc(C(=O)N2CCCCC2)o1. The third-order valence-corrected chi connectivity index (χ3v) is 6.07. The third kappa shape index (κ3) is 3.53. The van der Waals surface area contributed by atoms with Gasteiger partial charge in [0.2, 0.25) is 0 Å². The molecule has 1 aromatic heterocycles. The Morgan fingerprint density at radius 1 is 1.08 bits per heavy atom. The van der Waals surface area contributed by atoms with Crippen molar-refractivity contribution in [3.63, 3.8) is 0 Å². The molecule has 24 heavy (non-hydrogen) atoms. The van der Waals surface area contributed by atoms with Gasteiger partial charge in [0.1, 0.15) is 11.5 Å². The van der Waals surface area contributed by atoms with Crippen LogP contribution < -0.4 is 0 Å². The summed E-state index contributed by atoms with van der Waals surface area (Å²) in [5, 5.41) is 0. The highest BCUT2D eigenvalue weighted by molar-refractivity contribution is 7.90. The fourth-order valence-electron chi connectivity index (χ4n) is 2.99. The summed E-state index contributed by atoms with van der Waals surface area (Å²) < 4.78 is 30.6. The molecule has 0 N–H and O–H groups in total. The van der Waals surface area contributed by atoms with Crippen molar-refractivity contribution in [2.45, 2.75) is 36.8 Å². The molecule has 0 atom stereocenters. The summed E-state index contributed by atoms with van der Waals surface area (Å²) in [6, 6.07) is 10.0. The van der Waals surface area contributed by atoms with Gasteiger partial charge in [-0.2, -0.15) is 0 Å². The Morgan fingerprint density at radius 3 is 2.50 bits per heavy atom. The van der Waals surface area contributed by atoms with Crippen molar-refractivity contribution >= 4 is 15.7 Å². The Balaban J connectivity index is 1.76. The molecule has 1 aromatic carbocycles. The fraction of sp³-hybridized carbons (Fsp3) is 0.389. The Morgan fingerprint density at radius 2 is 1.79 bits per heavy atom. The molecular weight excluding hydrogens is 326 g/mol. The number of sulfone groups is 1. The highest BCUT2D eigenvalue weighted by atomic mass is 32.2. The average molecular weight is 347 g/mol. The van der Waals surface area contributed by atoms with Gasteiger partial charge in [-0.15, -0.1) is 0 Å². The lowest BCUT2D eigenvalue weighted by Gasteiger charge is -2.25. The van der Waals surface area contributed by atoms with Crippen LogP contribution in [0.15, 0.2) is 45.7 Å². The molecule has 1 saturated heterocycles. The molecule has 1 aliphatic rings. The van der Waals surface area contributed by atoms with Crippen LogP contribution in [0.2, 0.25) is 0 Å². The van der Waals surface area contributed by atoms with E-state index < -0.39 is 9.84 Å². The molecule has 0 saturated carbocycles. The number of aryl methyl sites for hydroxylation is 1. The number of likely N-dealkylation sites (tertiary alicyclic amines) is 1. The molecule has 2 heterocycles. The van der Waals surface area contributed by atoms with Crippen LogP contribution in [0.4, 0.5) is 0 Å². The smallest absolute Gasteiger partial charge is 0.289 e. The van der Waals surface area contributed by atoms with Crippen LogP contribution in [0.3, 0.4) is 0 Å². The molecule has 0 radical (unpaired) electrons. The van der Waals surface area contributed by atoms with Gasteiger partial charge in [0, 0.05) is 13.1 Å². The molecule has 1 amide bonds. The van der Waals surface area contributed by atoms with Crippen molar-refractivity contribution in [2.75, 3.05) is 13.1 Å². The van der Waals surface area contributed by atoms with Gasteiger partial charge < -0.3 is 9.32 Å². The number of nitrogens with zero attached hydrogens (tertiary/aromatic N) is 1. The Kier molecular flexibility index (Phi) is 4.76. The van der Waals surface area contributed by atoms with E-state index in [2.05, 4.69) is 0 Å². The Labute approximate surface area is 142 Å². The summed E-state index contributed by atoms with van der Waals surface area (Å²) in [6.45, 7) is 3.23.